The number of benzene rings is 2. The Morgan fingerprint density at radius 2 is 2.00 bits per heavy atom. The first kappa shape index (κ1) is 18.2. The lowest BCUT2D eigenvalue weighted by Gasteiger charge is -2.10. The van der Waals surface area contributed by atoms with E-state index >= 15 is 0 Å². The molecule has 0 bridgehead atoms. The molecule has 0 spiro atoms. The molecule has 0 aliphatic carbocycles. The molecule has 0 atom stereocenters. The Balaban J connectivity index is 1.67. The molecule has 0 saturated heterocycles. The summed E-state index contributed by atoms with van der Waals surface area (Å²) in [6.45, 7) is 0.206. The average molecular weight is 396 g/mol. The van der Waals surface area contributed by atoms with Gasteiger partial charge in [0.05, 0.1) is 6.20 Å². The SMILES string of the molecule is O=C(NNCc1ccc(-c2cc(Cl)ccc2F)cc1Cl)c1c[nH]c(=O)o1. The number of hydrogen-bond donors (Lipinski definition) is 3. The Hall–Kier alpha value is -2.61. The van der Waals surface area contributed by atoms with Crippen molar-refractivity contribution in [3.05, 3.63) is 80.3 Å². The van der Waals surface area contributed by atoms with E-state index in [9.17, 15) is 14.0 Å². The van der Waals surface area contributed by atoms with Crippen LogP contribution in [0.25, 0.3) is 11.1 Å². The molecular weight excluding hydrogens is 384 g/mol. The van der Waals surface area contributed by atoms with Crippen molar-refractivity contribution < 1.29 is 13.6 Å². The highest BCUT2D eigenvalue weighted by Gasteiger charge is 2.11. The summed E-state index contributed by atoms with van der Waals surface area (Å²) >= 11 is 12.1. The van der Waals surface area contributed by atoms with E-state index in [2.05, 4.69) is 20.3 Å². The Kier molecular flexibility index (Phi) is 5.41. The van der Waals surface area contributed by atoms with Crippen molar-refractivity contribution in [3.63, 3.8) is 0 Å². The monoisotopic (exact) mass is 395 g/mol. The minimum absolute atomic E-state index is 0.152. The van der Waals surface area contributed by atoms with Crippen molar-refractivity contribution in [1.82, 2.24) is 15.8 Å². The number of aromatic amines is 1. The van der Waals surface area contributed by atoms with Crippen LogP contribution in [0.3, 0.4) is 0 Å². The number of rotatable bonds is 5. The van der Waals surface area contributed by atoms with Crippen LogP contribution in [0, 0.1) is 5.82 Å². The number of aromatic nitrogens is 1. The van der Waals surface area contributed by atoms with Gasteiger partial charge in [0.2, 0.25) is 5.76 Å². The fourth-order valence-electron chi connectivity index (χ4n) is 2.25. The molecule has 0 fully saturated rings. The molecule has 1 heterocycles. The molecule has 1 aromatic heterocycles. The van der Waals surface area contributed by atoms with E-state index in [1.54, 1.807) is 18.2 Å². The van der Waals surface area contributed by atoms with Gasteiger partial charge in [0.1, 0.15) is 5.82 Å². The highest BCUT2D eigenvalue weighted by atomic mass is 35.5. The Bertz CT molecular complexity index is 1020. The quantitative estimate of drug-likeness (QED) is 0.576. The molecule has 0 aliphatic heterocycles. The second kappa shape index (κ2) is 7.74. The number of amides is 1. The minimum Gasteiger partial charge on any atom is -0.403 e. The van der Waals surface area contributed by atoms with E-state index < -0.39 is 17.5 Å². The third-order valence-electron chi connectivity index (χ3n) is 3.52. The van der Waals surface area contributed by atoms with E-state index in [1.807, 2.05) is 0 Å². The smallest absolute Gasteiger partial charge is 0.403 e. The summed E-state index contributed by atoms with van der Waals surface area (Å²) in [5.74, 6) is -1.89. The summed E-state index contributed by atoms with van der Waals surface area (Å²) in [5, 5.41) is 0.805. The van der Waals surface area contributed by atoms with Crippen LogP contribution in [0.1, 0.15) is 16.1 Å². The lowest BCUT2D eigenvalue weighted by molar-refractivity contribution is 0.0902. The molecule has 9 heteroatoms. The van der Waals surface area contributed by atoms with Crippen molar-refractivity contribution in [1.29, 1.82) is 0 Å². The van der Waals surface area contributed by atoms with Crippen LogP contribution in [0.4, 0.5) is 4.39 Å². The molecule has 26 heavy (non-hydrogen) atoms. The number of halogens is 3. The molecule has 0 saturated carbocycles. The summed E-state index contributed by atoms with van der Waals surface area (Å²) in [5.41, 5.74) is 6.65. The predicted octanol–water partition coefficient (Wildman–Crippen LogP) is 3.52. The van der Waals surface area contributed by atoms with Crippen molar-refractivity contribution in [2.75, 3.05) is 0 Å². The maximum absolute atomic E-state index is 13.9. The predicted molar refractivity (Wildman–Crippen MR) is 95.5 cm³/mol. The number of nitrogens with one attached hydrogen (secondary N) is 3. The van der Waals surface area contributed by atoms with E-state index in [4.69, 9.17) is 23.2 Å². The summed E-state index contributed by atoms with van der Waals surface area (Å²) < 4.78 is 18.6. The number of oxazole rings is 1. The fourth-order valence-corrected chi connectivity index (χ4v) is 2.67. The largest absolute Gasteiger partial charge is 0.416 e. The first-order valence-electron chi connectivity index (χ1n) is 7.39. The number of H-pyrrole nitrogens is 1. The van der Waals surface area contributed by atoms with E-state index in [1.165, 1.54) is 18.2 Å². The van der Waals surface area contributed by atoms with Gasteiger partial charge in [-0.15, -0.1) is 0 Å². The first-order chi connectivity index (χ1) is 12.4. The number of carbonyl (C=O) groups is 1. The Morgan fingerprint density at radius 1 is 1.19 bits per heavy atom. The molecule has 3 aromatic rings. The van der Waals surface area contributed by atoms with Crippen molar-refractivity contribution in [3.8, 4) is 11.1 Å². The molecular formula is C17H12Cl2FN3O3. The van der Waals surface area contributed by atoms with Gasteiger partial charge in [-0.1, -0.05) is 35.3 Å². The summed E-state index contributed by atoms with van der Waals surface area (Å²) in [6, 6.07) is 9.29. The average Bonchev–Trinajstić information content (AvgIpc) is 3.05. The maximum atomic E-state index is 13.9. The van der Waals surface area contributed by atoms with Gasteiger partial charge in [0.15, 0.2) is 0 Å². The second-order valence-electron chi connectivity index (χ2n) is 5.28. The highest BCUT2D eigenvalue weighted by molar-refractivity contribution is 6.32. The molecule has 3 rings (SSSR count). The van der Waals surface area contributed by atoms with Crippen molar-refractivity contribution in [2.45, 2.75) is 6.54 Å². The van der Waals surface area contributed by atoms with Gasteiger partial charge in [-0.2, -0.15) is 0 Å². The van der Waals surface area contributed by atoms with Gasteiger partial charge in [-0.05, 0) is 35.4 Å². The van der Waals surface area contributed by atoms with E-state index in [-0.39, 0.29) is 12.3 Å². The van der Waals surface area contributed by atoms with Crippen LogP contribution in [0.5, 0.6) is 0 Å². The summed E-state index contributed by atoms with van der Waals surface area (Å²) in [4.78, 5) is 24.8. The topological polar surface area (TPSA) is 87.1 Å². The lowest BCUT2D eigenvalue weighted by Crippen LogP contribution is -2.36. The zero-order chi connectivity index (χ0) is 18.7. The van der Waals surface area contributed by atoms with E-state index in [0.717, 1.165) is 6.20 Å². The molecule has 0 unspecified atom stereocenters. The molecule has 3 N–H and O–H groups in total. The zero-order valence-corrected chi connectivity index (χ0v) is 14.6. The first-order valence-corrected chi connectivity index (χ1v) is 8.15. The van der Waals surface area contributed by atoms with Gasteiger partial charge in [-0.25, -0.2) is 14.6 Å². The van der Waals surface area contributed by atoms with E-state index in [0.29, 0.717) is 26.7 Å². The van der Waals surface area contributed by atoms with Crippen LogP contribution in [-0.4, -0.2) is 10.9 Å². The molecule has 6 nitrogen and oxygen atoms in total. The Labute approximate surface area is 156 Å². The molecule has 134 valence electrons. The molecule has 0 radical (unpaired) electrons. The lowest BCUT2D eigenvalue weighted by atomic mass is 10.0. The van der Waals surface area contributed by atoms with Crippen LogP contribution in [0.15, 0.2) is 51.8 Å². The standard InChI is InChI=1S/C17H12Cl2FN3O3/c18-11-3-4-14(20)12(6-11)9-1-2-10(13(19)5-9)7-22-23-16(24)15-8-21-17(25)26-15/h1-6,8,22H,7H2,(H,21,25)(H,23,24). The summed E-state index contributed by atoms with van der Waals surface area (Å²) in [7, 11) is 0. The molecule has 2 aromatic carbocycles. The number of hydrazine groups is 1. The van der Waals surface area contributed by atoms with Gasteiger partial charge in [0.25, 0.3) is 0 Å². The van der Waals surface area contributed by atoms with Crippen LogP contribution >= 0.6 is 23.2 Å². The molecule has 0 aliphatic rings. The van der Waals surface area contributed by atoms with Crippen molar-refractivity contribution >= 4 is 29.1 Å². The normalized spacial score (nSPS) is 10.7. The minimum atomic E-state index is -0.720. The zero-order valence-electron chi connectivity index (χ0n) is 13.1. The van der Waals surface area contributed by atoms with Crippen LogP contribution in [0.2, 0.25) is 10.0 Å². The van der Waals surface area contributed by atoms with Gasteiger partial charge in [0, 0.05) is 22.2 Å². The van der Waals surface area contributed by atoms with Gasteiger partial charge in [-0.3, -0.25) is 15.2 Å². The number of hydrogen-bond acceptors (Lipinski definition) is 4. The number of carbonyl (C=O) groups excluding carboxylic acids is 1. The van der Waals surface area contributed by atoms with Crippen LogP contribution in [-0.2, 0) is 6.54 Å². The Morgan fingerprint density at radius 3 is 2.69 bits per heavy atom. The molecule has 1 amide bonds. The summed E-state index contributed by atoms with van der Waals surface area (Å²) in [6.07, 6.45) is 1.15. The fraction of sp³-hybridized carbons (Fsp3) is 0.0588. The van der Waals surface area contributed by atoms with Gasteiger partial charge < -0.3 is 4.42 Å². The van der Waals surface area contributed by atoms with Gasteiger partial charge >= 0.3 is 11.7 Å². The second-order valence-corrected chi connectivity index (χ2v) is 6.12. The third-order valence-corrected chi connectivity index (χ3v) is 4.11. The maximum Gasteiger partial charge on any atom is 0.416 e. The van der Waals surface area contributed by atoms with Crippen molar-refractivity contribution in [2.24, 2.45) is 0 Å². The van der Waals surface area contributed by atoms with Crippen LogP contribution < -0.4 is 16.6 Å². The highest BCUT2D eigenvalue weighted by Crippen LogP contribution is 2.29. The third kappa shape index (κ3) is 4.13.